The van der Waals surface area contributed by atoms with Crippen LogP contribution in [-0.2, 0) is 0 Å². The summed E-state index contributed by atoms with van der Waals surface area (Å²) in [5.74, 6) is 0.907. The van der Waals surface area contributed by atoms with Crippen LogP contribution in [0.3, 0.4) is 0 Å². The van der Waals surface area contributed by atoms with Gasteiger partial charge in [-0.15, -0.1) is 0 Å². The predicted octanol–water partition coefficient (Wildman–Crippen LogP) is 6.59. The highest BCUT2D eigenvalue weighted by Crippen LogP contribution is 2.40. The molecule has 0 saturated carbocycles. The molecule has 0 aliphatic carbocycles. The molecule has 3 heteroatoms. The van der Waals surface area contributed by atoms with Gasteiger partial charge in [-0.1, -0.05) is 57.2 Å². The molecule has 3 aromatic rings. The Morgan fingerprint density at radius 3 is 2.20 bits per heavy atom. The van der Waals surface area contributed by atoms with Crippen LogP contribution in [0, 0.1) is 6.92 Å². The number of hydrogen-bond acceptors (Lipinski definition) is 2. The highest BCUT2D eigenvalue weighted by atomic mass is 28.4. The molecule has 0 aliphatic rings. The second-order valence-electron chi connectivity index (χ2n) is 8.19. The molecular formula is C22H27NOSi. The van der Waals surface area contributed by atoms with Gasteiger partial charge in [-0.3, -0.25) is 0 Å². The van der Waals surface area contributed by atoms with Crippen molar-refractivity contribution in [3.8, 4) is 16.9 Å². The van der Waals surface area contributed by atoms with Gasteiger partial charge in [-0.2, -0.15) is 0 Å². The first-order valence-corrected chi connectivity index (χ1v) is 11.7. The quantitative estimate of drug-likeness (QED) is 0.497. The number of nitrogens with zero attached hydrogens (tertiary/aromatic N) is 1. The summed E-state index contributed by atoms with van der Waals surface area (Å²) in [6.07, 6.45) is 0. The molecule has 0 bridgehead atoms. The fourth-order valence-electron chi connectivity index (χ4n) is 2.67. The second kappa shape index (κ2) is 6.30. The van der Waals surface area contributed by atoms with Crippen molar-refractivity contribution in [3.05, 3.63) is 60.3 Å². The predicted molar refractivity (Wildman–Crippen MR) is 110 cm³/mol. The molecule has 0 N–H and O–H groups in total. The van der Waals surface area contributed by atoms with E-state index < -0.39 is 8.32 Å². The molecule has 1 heterocycles. The number of benzene rings is 2. The van der Waals surface area contributed by atoms with E-state index in [1.807, 2.05) is 13.0 Å². The van der Waals surface area contributed by atoms with Crippen molar-refractivity contribution in [1.29, 1.82) is 0 Å². The molecule has 25 heavy (non-hydrogen) atoms. The van der Waals surface area contributed by atoms with E-state index in [2.05, 4.69) is 82.4 Å². The molecule has 0 spiro atoms. The maximum atomic E-state index is 6.60. The SMILES string of the molecule is Cc1ccc2c(-c3ccccc3)ccc(O[Si](C)(C)C(C)(C)C)c2n1. The minimum atomic E-state index is -1.92. The first-order chi connectivity index (χ1) is 11.7. The number of pyridine rings is 1. The summed E-state index contributed by atoms with van der Waals surface area (Å²) in [4.78, 5) is 4.83. The average molecular weight is 350 g/mol. The Labute approximate surface area is 152 Å². The lowest BCUT2D eigenvalue weighted by Gasteiger charge is -2.36. The number of rotatable bonds is 3. The normalized spacial score (nSPS) is 12.4. The topological polar surface area (TPSA) is 22.1 Å². The maximum Gasteiger partial charge on any atom is 0.250 e. The van der Waals surface area contributed by atoms with Crippen LogP contribution in [0.1, 0.15) is 26.5 Å². The summed E-state index contributed by atoms with van der Waals surface area (Å²) in [6.45, 7) is 13.4. The molecule has 1 aromatic heterocycles. The summed E-state index contributed by atoms with van der Waals surface area (Å²) in [5.41, 5.74) is 4.38. The van der Waals surface area contributed by atoms with Crippen molar-refractivity contribution in [2.75, 3.05) is 0 Å². The van der Waals surface area contributed by atoms with E-state index in [0.717, 1.165) is 22.3 Å². The van der Waals surface area contributed by atoms with Crippen LogP contribution < -0.4 is 4.43 Å². The molecule has 0 unspecified atom stereocenters. The zero-order valence-corrected chi connectivity index (χ0v) is 17.1. The van der Waals surface area contributed by atoms with Crippen molar-refractivity contribution < 1.29 is 4.43 Å². The highest BCUT2D eigenvalue weighted by Gasteiger charge is 2.39. The average Bonchev–Trinajstić information content (AvgIpc) is 2.55. The van der Waals surface area contributed by atoms with E-state index in [9.17, 15) is 0 Å². The van der Waals surface area contributed by atoms with Gasteiger partial charge in [0.1, 0.15) is 11.3 Å². The van der Waals surface area contributed by atoms with Crippen LogP contribution in [0.25, 0.3) is 22.0 Å². The minimum absolute atomic E-state index is 0.154. The van der Waals surface area contributed by atoms with Crippen LogP contribution in [0.2, 0.25) is 18.1 Å². The first kappa shape index (κ1) is 17.7. The van der Waals surface area contributed by atoms with E-state index in [1.165, 1.54) is 11.1 Å². The molecule has 0 radical (unpaired) electrons. The van der Waals surface area contributed by atoms with Gasteiger partial charge in [0.15, 0.2) is 0 Å². The molecular weight excluding hydrogens is 322 g/mol. The van der Waals surface area contributed by atoms with Gasteiger partial charge in [0, 0.05) is 11.1 Å². The Kier molecular flexibility index (Phi) is 4.46. The van der Waals surface area contributed by atoms with Gasteiger partial charge < -0.3 is 4.43 Å². The Morgan fingerprint density at radius 2 is 1.56 bits per heavy atom. The highest BCUT2D eigenvalue weighted by molar-refractivity contribution is 6.74. The third-order valence-electron chi connectivity index (χ3n) is 5.22. The summed E-state index contributed by atoms with van der Waals surface area (Å²) in [6, 6.07) is 19.0. The van der Waals surface area contributed by atoms with E-state index in [4.69, 9.17) is 9.41 Å². The van der Waals surface area contributed by atoms with Crippen molar-refractivity contribution in [2.24, 2.45) is 0 Å². The van der Waals surface area contributed by atoms with Gasteiger partial charge in [0.05, 0.1) is 0 Å². The number of aryl methyl sites for hydroxylation is 1. The van der Waals surface area contributed by atoms with E-state index in [1.54, 1.807) is 0 Å². The molecule has 0 atom stereocenters. The van der Waals surface area contributed by atoms with Crippen molar-refractivity contribution >= 4 is 19.2 Å². The Balaban J connectivity index is 2.18. The largest absolute Gasteiger partial charge is 0.542 e. The minimum Gasteiger partial charge on any atom is -0.542 e. The van der Waals surface area contributed by atoms with Crippen LogP contribution in [-0.4, -0.2) is 13.3 Å². The van der Waals surface area contributed by atoms with Gasteiger partial charge in [0.25, 0.3) is 8.32 Å². The third kappa shape index (κ3) is 3.47. The number of aromatic nitrogens is 1. The number of fused-ring (bicyclic) bond motifs is 1. The zero-order valence-electron chi connectivity index (χ0n) is 16.1. The molecule has 0 fully saturated rings. The third-order valence-corrected chi connectivity index (χ3v) is 9.56. The van der Waals surface area contributed by atoms with E-state index in [-0.39, 0.29) is 5.04 Å². The lowest BCUT2D eigenvalue weighted by molar-refractivity contribution is 0.495. The maximum absolute atomic E-state index is 6.60. The summed E-state index contributed by atoms with van der Waals surface area (Å²) in [7, 11) is -1.92. The van der Waals surface area contributed by atoms with Gasteiger partial charge in [-0.25, -0.2) is 4.98 Å². The van der Waals surface area contributed by atoms with Gasteiger partial charge in [0.2, 0.25) is 0 Å². The zero-order chi connectivity index (χ0) is 18.2. The van der Waals surface area contributed by atoms with Crippen molar-refractivity contribution in [1.82, 2.24) is 4.98 Å². The fraction of sp³-hybridized carbons (Fsp3) is 0.318. The van der Waals surface area contributed by atoms with E-state index in [0.29, 0.717) is 0 Å². The summed E-state index contributed by atoms with van der Waals surface area (Å²) in [5, 5.41) is 1.30. The fourth-order valence-corrected chi connectivity index (χ4v) is 3.69. The van der Waals surface area contributed by atoms with Crippen molar-refractivity contribution in [3.63, 3.8) is 0 Å². The monoisotopic (exact) mass is 349 g/mol. The van der Waals surface area contributed by atoms with Crippen molar-refractivity contribution in [2.45, 2.75) is 45.8 Å². The smallest absolute Gasteiger partial charge is 0.250 e. The second-order valence-corrected chi connectivity index (χ2v) is 12.9. The summed E-state index contributed by atoms with van der Waals surface area (Å²) >= 11 is 0. The van der Waals surface area contributed by atoms with Crippen LogP contribution in [0.5, 0.6) is 5.75 Å². The molecule has 0 saturated heterocycles. The lowest BCUT2D eigenvalue weighted by Crippen LogP contribution is -2.43. The van der Waals surface area contributed by atoms with Crippen LogP contribution >= 0.6 is 0 Å². The Hall–Kier alpha value is -2.13. The first-order valence-electron chi connectivity index (χ1n) is 8.84. The van der Waals surface area contributed by atoms with Crippen LogP contribution in [0.4, 0.5) is 0 Å². The Bertz CT molecular complexity index is 895. The molecule has 0 aliphatic heterocycles. The molecule has 3 rings (SSSR count). The lowest BCUT2D eigenvalue weighted by atomic mass is 10.00. The van der Waals surface area contributed by atoms with Crippen LogP contribution in [0.15, 0.2) is 54.6 Å². The summed E-state index contributed by atoms with van der Waals surface area (Å²) < 4.78 is 6.60. The molecule has 2 nitrogen and oxygen atoms in total. The Morgan fingerprint density at radius 1 is 0.880 bits per heavy atom. The van der Waals surface area contributed by atoms with Gasteiger partial charge in [-0.05, 0) is 54.4 Å². The van der Waals surface area contributed by atoms with Gasteiger partial charge >= 0.3 is 0 Å². The molecule has 0 amide bonds. The van der Waals surface area contributed by atoms with E-state index >= 15 is 0 Å². The number of hydrogen-bond donors (Lipinski definition) is 0. The standard InChI is InChI=1S/C22H27NOSi/c1-16-12-13-19-18(17-10-8-7-9-11-17)14-15-20(21(19)23-16)24-25(5,6)22(2,3)4/h7-15H,1-6H3. The molecule has 2 aromatic carbocycles. The molecule has 130 valence electrons.